The van der Waals surface area contributed by atoms with Crippen LogP contribution in [0.3, 0.4) is 0 Å². The average molecular weight is 530 g/mol. The molecule has 1 heterocycles. The van der Waals surface area contributed by atoms with E-state index in [1.165, 1.54) is 4.90 Å². The fourth-order valence-corrected chi connectivity index (χ4v) is 6.64. The van der Waals surface area contributed by atoms with Gasteiger partial charge in [0.15, 0.2) is 11.4 Å². The van der Waals surface area contributed by atoms with Gasteiger partial charge in [0.05, 0.1) is 11.6 Å². The van der Waals surface area contributed by atoms with Crippen molar-refractivity contribution in [3.8, 4) is 5.75 Å². The van der Waals surface area contributed by atoms with Crippen LogP contribution in [-0.2, 0) is 22.6 Å². The van der Waals surface area contributed by atoms with Crippen LogP contribution in [0.5, 0.6) is 5.75 Å². The molecule has 37 heavy (non-hydrogen) atoms. The van der Waals surface area contributed by atoms with Gasteiger partial charge in [-0.2, -0.15) is 0 Å². The van der Waals surface area contributed by atoms with E-state index in [0.717, 1.165) is 0 Å². The number of amides is 1. The van der Waals surface area contributed by atoms with Crippen LogP contribution in [0.15, 0.2) is 40.9 Å². The van der Waals surface area contributed by atoms with Gasteiger partial charge in [-0.05, 0) is 44.5 Å². The molecule has 0 saturated carbocycles. The maximum absolute atomic E-state index is 13.8. The molecule has 0 fully saturated rings. The number of Topliss-reactive ketones (excluding diaryl/α,β-unsaturated/α-hetero) is 2. The number of nitrogens with zero attached hydrogens (tertiary/aromatic N) is 2. The summed E-state index contributed by atoms with van der Waals surface area (Å²) in [5, 5.41) is 45.2. The number of benzene rings is 1. The Kier molecular flexibility index (Phi) is 5.99. The lowest BCUT2D eigenvalue weighted by atomic mass is 9.58. The number of halogens is 1. The Labute approximate surface area is 217 Å². The SMILES string of the molecule is CN(C)[C@@H]1C(O)=C(C(N)=O)C(=O)[C@@]2(O)C(O)=C3C(=O)c4c(O)c(CN5CC=CC5)cc(Cl)c4C[C@H]3C[C@@H]12. The normalized spacial score (nSPS) is 29.6. The van der Waals surface area contributed by atoms with Gasteiger partial charge in [-0.25, -0.2) is 0 Å². The number of carbonyl (C=O) groups is 3. The summed E-state index contributed by atoms with van der Waals surface area (Å²) < 4.78 is 0. The minimum atomic E-state index is -2.66. The maximum Gasteiger partial charge on any atom is 0.255 e. The van der Waals surface area contributed by atoms with Crippen LogP contribution in [0.25, 0.3) is 0 Å². The monoisotopic (exact) mass is 529 g/mol. The number of hydrogen-bond acceptors (Lipinski definition) is 9. The summed E-state index contributed by atoms with van der Waals surface area (Å²) in [7, 11) is 3.17. The highest BCUT2D eigenvalue weighted by Crippen LogP contribution is 2.53. The average Bonchev–Trinajstić information content (AvgIpc) is 3.32. The molecular formula is C26H28ClN3O7. The van der Waals surface area contributed by atoms with Gasteiger partial charge < -0.3 is 26.2 Å². The molecule has 10 nitrogen and oxygen atoms in total. The Balaban J connectivity index is 1.66. The van der Waals surface area contributed by atoms with Crippen LogP contribution in [0, 0.1) is 11.8 Å². The van der Waals surface area contributed by atoms with Crippen LogP contribution in [-0.4, -0.2) is 86.5 Å². The summed E-state index contributed by atoms with van der Waals surface area (Å²) in [5.74, 6) is -6.76. The van der Waals surface area contributed by atoms with Crippen molar-refractivity contribution in [1.82, 2.24) is 9.80 Å². The molecule has 0 saturated heterocycles. The van der Waals surface area contributed by atoms with Gasteiger partial charge in [-0.15, -0.1) is 0 Å². The lowest BCUT2D eigenvalue weighted by molar-refractivity contribution is -0.148. The van der Waals surface area contributed by atoms with Gasteiger partial charge in [-0.3, -0.25) is 24.2 Å². The number of nitrogens with two attached hydrogens (primary N) is 1. The molecule has 0 unspecified atom stereocenters. The number of phenols is 1. The Morgan fingerprint density at radius 3 is 2.46 bits per heavy atom. The van der Waals surface area contributed by atoms with E-state index in [1.807, 2.05) is 17.1 Å². The maximum atomic E-state index is 13.8. The number of aliphatic hydroxyl groups is 3. The minimum absolute atomic E-state index is 0.0179. The molecule has 0 spiro atoms. The molecule has 196 valence electrons. The fourth-order valence-electron chi connectivity index (χ4n) is 6.34. The van der Waals surface area contributed by atoms with E-state index in [-0.39, 0.29) is 29.7 Å². The van der Waals surface area contributed by atoms with Crippen molar-refractivity contribution in [3.63, 3.8) is 0 Å². The van der Waals surface area contributed by atoms with E-state index in [1.54, 1.807) is 20.2 Å². The first-order valence-corrected chi connectivity index (χ1v) is 12.3. The number of primary amides is 1. The van der Waals surface area contributed by atoms with Gasteiger partial charge >= 0.3 is 0 Å². The van der Waals surface area contributed by atoms with Gasteiger partial charge in [-0.1, -0.05) is 23.8 Å². The molecule has 4 aliphatic rings. The van der Waals surface area contributed by atoms with E-state index < -0.39 is 58.0 Å². The van der Waals surface area contributed by atoms with Crippen molar-refractivity contribution in [1.29, 1.82) is 0 Å². The van der Waals surface area contributed by atoms with Crippen molar-refractivity contribution in [2.45, 2.75) is 31.0 Å². The van der Waals surface area contributed by atoms with Crippen molar-refractivity contribution in [2.75, 3.05) is 27.2 Å². The molecule has 1 aromatic rings. The molecule has 1 aromatic carbocycles. The van der Waals surface area contributed by atoms with Crippen LogP contribution in [0.1, 0.15) is 27.9 Å². The van der Waals surface area contributed by atoms with Crippen molar-refractivity contribution in [3.05, 3.63) is 62.6 Å². The van der Waals surface area contributed by atoms with E-state index >= 15 is 0 Å². The summed E-state index contributed by atoms with van der Waals surface area (Å²) >= 11 is 6.60. The summed E-state index contributed by atoms with van der Waals surface area (Å²) in [6.45, 7) is 1.71. The number of carbonyl (C=O) groups excluding carboxylic acids is 3. The molecular weight excluding hydrogens is 502 g/mol. The molecule has 5 rings (SSSR count). The lowest BCUT2D eigenvalue weighted by Crippen LogP contribution is -2.63. The molecule has 0 aromatic heterocycles. The summed E-state index contributed by atoms with van der Waals surface area (Å²) in [6.07, 6.45) is 4.16. The van der Waals surface area contributed by atoms with Gasteiger partial charge in [0.2, 0.25) is 5.78 Å². The largest absolute Gasteiger partial charge is 0.510 e. The van der Waals surface area contributed by atoms with E-state index in [2.05, 4.69) is 0 Å². The first-order chi connectivity index (χ1) is 17.4. The van der Waals surface area contributed by atoms with Crippen LogP contribution < -0.4 is 5.73 Å². The quantitative estimate of drug-likeness (QED) is 0.284. The Bertz CT molecular complexity index is 1340. The van der Waals surface area contributed by atoms with Crippen molar-refractivity contribution in [2.24, 2.45) is 17.6 Å². The van der Waals surface area contributed by atoms with Crippen LogP contribution in [0.2, 0.25) is 5.02 Å². The number of ketones is 2. The number of aliphatic hydroxyl groups excluding tert-OH is 2. The zero-order chi connectivity index (χ0) is 27.0. The standard InChI is InChI=1S/C26H28ClN3O7/c1-29(2)19-14-8-11-7-13-15(27)9-12(10-30-5-3-4-6-30)20(31)17(13)21(32)16(11)23(34)26(14,37)24(35)18(22(19)33)25(28)36/h3-4,9,11,14,19,31,33-34,37H,5-8,10H2,1-2H3,(H2,28,36)/t11-,14-,19-,26-/m0/s1. The zero-order valence-corrected chi connectivity index (χ0v) is 21.1. The third-order valence-corrected chi connectivity index (χ3v) is 8.37. The number of allylic oxidation sites excluding steroid dienone is 1. The Morgan fingerprint density at radius 1 is 1.22 bits per heavy atom. The first kappa shape index (κ1) is 25.5. The second kappa shape index (κ2) is 8.70. The van der Waals surface area contributed by atoms with E-state index in [4.69, 9.17) is 17.3 Å². The predicted molar refractivity (Wildman–Crippen MR) is 133 cm³/mol. The molecule has 4 atom stereocenters. The zero-order valence-electron chi connectivity index (χ0n) is 20.4. The smallest absolute Gasteiger partial charge is 0.255 e. The third kappa shape index (κ3) is 3.54. The molecule has 0 bridgehead atoms. The topological polar surface area (TPSA) is 165 Å². The molecule has 11 heteroatoms. The summed E-state index contributed by atoms with van der Waals surface area (Å²) in [5.41, 5.74) is 2.44. The van der Waals surface area contributed by atoms with Crippen LogP contribution >= 0.6 is 11.6 Å². The third-order valence-electron chi connectivity index (χ3n) is 8.03. The van der Waals surface area contributed by atoms with Crippen LogP contribution in [0.4, 0.5) is 0 Å². The highest BCUT2D eigenvalue weighted by atomic mass is 35.5. The van der Waals surface area contributed by atoms with Crippen molar-refractivity contribution < 1.29 is 34.8 Å². The van der Waals surface area contributed by atoms with E-state index in [0.29, 0.717) is 35.8 Å². The Morgan fingerprint density at radius 2 is 1.86 bits per heavy atom. The van der Waals surface area contributed by atoms with Gasteiger partial charge in [0, 0.05) is 41.7 Å². The number of aromatic hydroxyl groups is 1. The Hall–Kier alpha value is -3.18. The molecule has 1 amide bonds. The highest BCUT2D eigenvalue weighted by Gasteiger charge is 2.63. The second-order valence-electron chi connectivity index (χ2n) is 10.3. The number of phenolic OH excluding ortho intramolecular Hbond substituents is 1. The van der Waals surface area contributed by atoms with Crippen molar-refractivity contribution >= 4 is 29.1 Å². The number of rotatable bonds is 4. The van der Waals surface area contributed by atoms with Gasteiger partial charge in [0.1, 0.15) is 22.8 Å². The predicted octanol–water partition coefficient (Wildman–Crippen LogP) is 1.15. The van der Waals surface area contributed by atoms with Gasteiger partial charge in [0.25, 0.3) is 5.91 Å². The first-order valence-electron chi connectivity index (χ1n) is 11.9. The number of hydrogen-bond donors (Lipinski definition) is 5. The minimum Gasteiger partial charge on any atom is -0.510 e. The summed E-state index contributed by atoms with van der Waals surface area (Å²) in [6, 6.07) is 0.598. The molecule has 1 aliphatic heterocycles. The second-order valence-corrected chi connectivity index (χ2v) is 10.8. The van der Waals surface area contributed by atoms with E-state index in [9.17, 15) is 34.8 Å². The number of fused-ring (bicyclic) bond motifs is 3. The fraction of sp³-hybridized carbons (Fsp3) is 0.423. The highest BCUT2D eigenvalue weighted by molar-refractivity contribution is 6.33. The lowest BCUT2D eigenvalue weighted by Gasteiger charge is -2.50. The summed E-state index contributed by atoms with van der Waals surface area (Å²) in [4.78, 5) is 42.7. The molecule has 3 aliphatic carbocycles. The number of likely N-dealkylation sites (N-methyl/N-ethyl adjacent to an activating group) is 1. The molecule has 0 radical (unpaired) electrons. The molecule has 6 N–H and O–H groups in total.